The van der Waals surface area contributed by atoms with E-state index in [1.54, 1.807) is 20.1 Å². The Balaban J connectivity index is 2.01. The van der Waals surface area contributed by atoms with Crippen molar-refractivity contribution >= 4 is 23.6 Å². The number of methoxy groups -OCH3 is 1. The molecule has 3 rings (SSSR count). The summed E-state index contributed by atoms with van der Waals surface area (Å²) in [6.07, 6.45) is 4.21. The lowest BCUT2D eigenvalue weighted by Gasteiger charge is -2.21. The van der Waals surface area contributed by atoms with E-state index in [2.05, 4.69) is 16.1 Å². The van der Waals surface area contributed by atoms with Crippen LogP contribution in [-0.2, 0) is 23.0 Å². The summed E-state index contributed by atoms with van der Waals surface area (Å²) in [6.45, 7) is 4.96. The fourth-order valence-corrected chi connectivity index (χ4v) is 3.23. The number of fused-ring (bicyclic) bond motifs is 1. The summed E-state index contributed by atoms with van der Waals surface area (Å²) in [7, 11) is 3.59. The van der Waals surface area contributed by atoms with Gasteiger partial charge in [0, 0.05) is 37.0 Å². The van der Waals surface area contributed by atoms with E-state index in [9.17, 15) is 4.79 Å². The highest BCUT2D eigenvalue weighted by molar-refractivity contribution is 5.89. The third-order valence-electron chi connectivity index (χ3n) is 4.35. The van der Waals surface area contributed by atoms with E-state index in [0.29, 0.717) is 6.61 Å². The Morgan fingerprint density at radius 1 is 1.40 bits per heavy atom. The van der Waals surface area contributed by atoms with E-state index in [1.165, 1.54) is 11.6 Å². The van der Waals surface area contributed by atoms with Gasteiger partial charge in [0.05, 0.1) is 19.4 Å². The van der Waals surface area contributed by atoms with Crippen molar-refractivity contribution in [3.8, 4) is 5.75 Å². The Bertz CT molecular complexity index is 824. The monoisotopic (exact) mass is 341 g/mol. The number of carbonyl (C=O) groups is 1. The number of anilines is 2. The number of nitrogens with zero attached hydrogens (tertiary/aromatic N) is 3. The van der Waals surface area contributed by atoms with Gasteiger partial charge in [0.2, 0.25) is 0 Å². The molecule has 2 heterocycles. The number of ether oxygens (including phenoxy) is 2. The molecule has 132 valence electrons. The molecule has 0 N–H and O–H groups in total. The summed E-state index contributed by atoms with van der Waals surface area (Å²) in [5, 5.41) is 4.54. The molecule has 0 saturated carbocycles. The first-order valence-corrected chi connectivity index (χ1v) is 8.38. The number of hydrogen-bond acceptors (Lipinski definition) is 5. The molecule has 0 atom stereocenters. The van der Waals surface area contributed by atoms with Crippen LogP contribution in [-0.4, -0.2) is 36.0 Å². The molecular weight excluding hydrogens is 318 g/mol. The van der Waals surface area contributed by atoms with Crippen LogP contribution in [0.5, 0.6) is 5.75 Å². The third kappa shape index (κ3) is 3.24. The second kappa shape index (κ2) is 7.01. The van der Waals surface area contributed by atoms with Crippen molar-refractivity contribution in [3.05, 3.63) is 41.1 Å². The number of aryl methyl sites for hydroxylation is 2. The van der Waals surface area contributed by atoms with Gasteiger partial charge in [-0.15, -0.1) is 0 Å². The summed E-state index contributed by atoms with van der Waals surface area (Å²) < 4.78 is 12.2. The summed E-state index contributed by atoms with van der Waals surface area (Å²) in [4.78, 5) is 13.9. The number of carbonyl (C=O) groups excluding carboxylic acids is 1. The fourth-order valence-electron chi connectivity index (χ4n) is 3.23. The van der Waals surface area contributed by atoms with Crippen molar-refractivity contribution in [1.29, 1.82) is 0 Å². The maximum atomic E-state index is 11.7. The highest BCUT2D eigenvalue weighted by Gasteiger charge is 2.26. The lowest BCUT2D eigenvalue weighted by atomic mass is 10.1. The normalized spacial score (nSPS) is 13.4. The van der Waals surface area contributed by atoms with E-state index in [-0.39, 0.29) is 5.97 Å². The van der Waals surface area contributed by atoms with Crippen molar-refractivity contribution in [1.82, 2.24) is 9.78 Å². The molecule has 1 aromatic carbocycles. The Morgan fingerprint density at radius 2 is 2.20 bits per heavy atom. The highest BCUT2D eigenvalue weighted by atomic mass is 16.5. The molecule has 0 bridgehead atoms. The Kier molecular flexibility index (Phi) is 4.79. The molecule has 6 heteroatoms. The number of aromatic nitrogens is 2. The summed E-state index contributed by atoms with van der Waals surface area (Å²) in [5.74, 6) is 1.44. The average molecular weight is 341 g/mol. The SMILES string of the molecule is CCOC(=O)/C=C/c1c(C)nn(C)c1N1CCc2ccc(OC)cc21. The lowest BCUT2D eigenvalue weighted by molar-refractivity contribution is -0.137. The maximum Gasteiger partial charge on any atom is 0.330 e. The predicted octanol–water partition coefficient (Wildman–Crippen LogP) is 3.01. The van der Waals surface area contributed by atoms with Crippen LogP contribution in [0, 0.1) is 6.92 Å². The molecular formula is C19H23N3O3. The van der Waals surface area contributed by atoms with Crippen LogP contribution in [0.3, 0.4) is 0 Å². The molecule has 1 aromatic heterocycles. The second-order valence-corrected chi connectivity index (χ2v) is 5.93. The van der Waals surface area contributed by atoms with Gasteiger partial charge in [0.15, 0.2) is 0 Å². The van der Waals surface area contributed by atoms with Gasteiger partial charge in [-0.2, -0.15) is 5.10 Å². The van der Waals surface area contributed by atoms with Crippen molar-refractivity contribution in [2.45, 2.75) is 20.3 Å². The number of benzene rings is 1. The van der Waals surface area contributed by atoms with Crippen LogP contribution in [0.1, 0.15) is 23.7 Å². The van der Waals surface area contributed by atoms with Crippen molar-refractivity contribution in [2.24, 2.45) is 7.05 Å². The minimum Gasteiger partial charge on any atom is -0.497 e. The largest absolute Gasteiger partial charge is 0.497 e. The van der Waals surface area contributed by atoms with Gasteiger partial charge in [-0.25, -0.2) is 4.79 Å². The smallest absolute Gasteiger partial charge is 0.330 e. The second-order valence-electron chi connectivity index (χ2n) is 5.93. The van der Waals surface area contributed by atoms with E-state index >= 15 is 0 Å². The van der Waals surface area contributed by atoms with Gasteiger partial charge in [0.1, 0.15) is 11.6 Å². The first-order valence-electron chi connectivity index (χ1n) is 8.38. The highest BCUT2D eigenvalue weighted by Crippen LogP contribution is 2.39. The van der Waals surface area contributed by atoms with E-state index in [1.807, 2.05) is 30.8 Å². The zero-order chi connectivity index (χ0) is 18.0. The van der Waals surface area contributed by atoms with Crippen LogP contribution in [0.25, 0.3) is 6.08 Å². The molecule has 0 aliphatic carbocycles. The van der Waals surface area contributed by atoms with Crippen molar-refractivity contribution < 1.29 is 14.3 Å². The lowest BCUT2D eigenvalue weighted by Crippen LogP contribution is -2.17. The zero-order valence-corrected chi connectivity index (χ0v) is 15.1. The minimum absolute atomic E-state index is 0.347. The van der Waals surface area contributed by atoms with E-state index in [4.69, 9.17) is 9.47 Å². The minimum atomic E-state index is -0.347. The van der Waals surface area contributed by atoms with Gasteiger partial charge in [-0.05, 0) is 38.0 Å². The molecule has 6 nitrogen and oxygen atoms in total. The van der Waals surface area contributed by atoms with Gasteiger partial charge < -0.3 is 14.4 Å². The van der Waals surface area contributed by atoms with E-state index in [0.717, 1.165) is 41.5 Å². The number of rotatable bonds is 5. The Hall–Kier alpha value is -2.76. The topological polar surface area (TPSA) is 56.6 Å². The molecule has 0 spiro atoms. The molecule has 0 radical (unpaired) electrons. The number of hydrogen-bond donors (Lipinski definition) is 0. The molecule has 2 aromatic rings. The van der Waals surface area contributed by atoms with Crippen LogP contribution in [0.15, 0.2) is 24.3 Å². The summed E-state index contributed by atoms with van der Waals surface area (Å²) in [5.41, 5.74) is 4.19. The standard InChI is InChI=1S/C19H23N3O3/c1-5-25-18(23)9-8-16-13(2)20-21(3)19(16)22-11-10-14-6-7-15(24-4)12-17(14)22/h6-9,12H,5,10-11H2,1-4H3/b9-8+. The average Bonchev–Trinajstić information content (AvgIpc) is 3.12. The Labute approximate surface area is 147 Å². The quantitative estimate of drug-likeness (QED) is 0.618. The van der Waals surface area contributed by atoms with Gasteiger partial charge >= 0.3 is 5.97 Å². The van der Waals surface area contributed by atoms with Gasteiger partial charge in [-0.1, -0.05) is 6.07 Å². The molecule has 25 heavy (non-hydrogen) atoms. The molecule has 1 aliphatic heterocycles. The van der Waals surface area contributed by atoms with E-state index < -0.39 is 0 Å². The Morgan fingerprint density at radius 3 is 2.92 bits per heavy atom. The van der Waals surface area contributed by atoms with Crippen LogP contribution in [0.4, 0.5) is 11.5 Å². The molecule has 1 aliphatic rings. The maximum absolute atomic E-state index is 11.7. The van der Waals surface area contributed by atoms with Crippen molar-refractivity contribution in [2.75, 3.05) is 25.2 Å². The molecule has 0 fully saturated rings. The van der Waals surface area contributed by atoms with Crippen LogP contribution >= 0.6 is 0 Å². The third-order valence-corrected chi connectivity index (χ3v) is 4.35. The van der Waals surface area contributed by atoms with Crippen LogP contribution < -0.4 is 9.64 Å². The fraction of sp³-hybridized carbons (Fsp3) is 0.368. The molecule has 0 amide bonds. The van der Waals surface area contributed by atoms with Crippen LogP contribution in [0.2, 0.25) is 0 Å². The van der Waals surface area contributed by atoms with Gasteiger partial charge in [-0.3, -0.25) is 4.68 Å². The molecule has 0 saturated heterocycles. The van der Waals surface area contributed by atoms with Crippen molar-refractivity contribution in [3.63, 3.8) is 0 Å². The summed E-state index contributed by atoms with van der Waals surface area (Å²) >= 11 is 0. The molecule has 0 unspecified atom stereocenters. The summed E-state index contributed by atoms with van der Waals surface area (Å²) in [6, 6.07) is 6.13. The predicted molar refractivity (Wildman–Crippen MR) is 97.3 cm³/mol. The number of esters is 1. The first-order chi connectivity index (χ1) is 12.0. The van der Waals surface area contributed by atoms with Gasteiger partial charge in [0.25, 0.3) is 0 Å². The first kappa shape index (κ1) is 17.1. The zero-order valence-electron chi connectivity index (χ0n) is 15.1.